The Kier molecular flexibility index (Phi) is 6.87. The number of benzene rings is 1. The molecular weight excluding hydrogens is 444 g/mol. The third-order valence-electron chi connectivity index (χ3n) is 6.55. The highest BCUT2D eigenvalue weighted by molar-refractivity contribution is 5.64. The Labute approximate surface area is 204 Å². The molecule has 182 valence electrons. The summed E-state index contributed by atoms with van der Waals surface area (Å²) < 4.78 is 12.7. The molecule has 0 bridgehead atoms. The summed E-state index contributed by atoms with van der Waals surface area (Å²) in [6.45, 7) is 3.57. The van der Waals surface area contributed by atoms with Gasteiger partial charge in [-0.15, -0.1) is 10.2 Å². The summed E-state index contributed by atoms with van der Waals surface area (Å²) in [5, 5.41) is 22.4. The maximum atomic E-state index is 9.97. The van der Waals surface area contributed by atoms with Crippen LogP contribution < -0.4 is 10.1 Å². The Morgan fingerprint density at radius 3 is 2.69 bits per heavy atom. The molecule has 1 unspecified atom stereocenters. The van der Waals surface area contributed by atoms with Gasteiger partial charge in [0.2, 0.25) is 5.95 Å². The monoisotopic (exact) mass is 474 g/mol. The highest BCUT2D eigenvalue weighted by atomic mass is 16.5. The van der Waals surface area contributed by atoms with Crippen LogP contribution in [-0.2, 0) is 4.74 Å². The molecule has 1 saturated heterocycles. The molecule has 35 heavy (non-hydrogen) atoms. The average molecular weight is 475 g/mol. The zero-order valence-corrected chi connectivity index (χ0v) is 20.0. The number of aromatic nitrogens is 5. The zero-order chi connectivity index (χ0) is 24.2. The maximum absolute atomic E-state index is 9.97. The second-order valence-corrected chi connectivity index (χ2v) is 8.91. The fraction of sp³-hybridized carbons (Fsp3) is 0.385. The van der Waals surface area contributed by atoms with E-state index in [0.717, 1.165) is 60.1 Å². The first kappa shape index (κ1) is 23.2. The number of hydrogen-bond donors (Lipinski definition) is 2. The number of fused-ring (bicyclic) bond motifs is 1. The Bertz CT molecular complexity index is 1270. The smallest absolute Gasteiger partial charge is 0.223 e. The van der Waals surface area contributed by atoms with Gasteiger partial charge in [0.1, 0.15) is 11.6 Å². The first-order valence-corrected chi connectivity index (χ1v) is 11.9. The van der Waals surface area contributed by atoms with Crippen LogP contribution in [0.4, 0.5) is 5.95 Å². The predicted molar refractivity (Wildman–Crippen MR) is 133 cm³/mol. The number of nitrogens with zero attached hydrogens (tertiary/aromatic N) is 5. The predicted octanol–water partition coefficient (Wildman–Crippen LogP) is 3.55. The van der Waals surface area contributed by atoms with Gasteiger partial charge in [-0.1, -0.05) is 19.1 Å². The number of rotatable bonds is 8. The van der Waals surface area contributed by atoms with E-state index in [1.807, 2.05) is 60.0 Å². The lowest BCUT2D eigenvalue weighted by molar-refractivity contribution is 0.0903. The van der Waals surface area contributed by atoms with E-state index < -0.39 is 0 Å². The van der Waals surface area contributed by atoms with Gasteiger partial charge in [0.25, 0.3) is 0 Å². The third-order valence-corrected chi connectivity index (χ3v) is 6.55. The van der Waals surface area contributed by atoms with Crippen molar-refractivity contribution in [2.45, 2.75) is 31.7 Å². The molecule has 2 atom stereocenters. The molecule has 3 aromatic heterocycles. The van der Waals surface area contributed by atoms with Gasteiger partial charge >= 0.3 is 0 Å². The lowest BCUT2D eigenvalue weighted by Crippen LogP contribution is -2.28. The summed E-state index contributed by atoms with van der Waals surface area (Å²) in [4.78, 5) is 9.12. The zero-order valence-electron chi connectivity index (χ0n) is 20.0. The lowest BCUT2D eigenvalue weighted by atomic mass is 9.87. The number of hydrogen-bond acceptors (Lipinski definition) is 8. The Balaban J connectivity index is 1.44. The molecule has 0 amide bonds. The number of nitrogens with one attached hydrogen (secondary N) is 1. The number of aliphatic hydroxyl groups excluding tert-OH is 1. The van der Waals surface area contributed by atoms with Crippen molar-refractivity contribution < 1.29 is 14.6 Å². The maximum Gasteiger partial charge on any atom is 0.223 e. The second kappa shape index (κ2) is 10.4. The highest BCUT2D eigenvalue weighted by Crippen LogP contribution is 2.33. The minimum Gasteiger partial charge on any atom is -0.497 e. The van der Waals surface area contributed by atoms with Crippen molar-refractivity contribution in [3.8, 4) is 17.0 Å². The SMILES string of the molecule is COc1ccc([C@@H](c2nnc3cc(-c4ccnc(NC5CCOCC5)n4)ccn23)C(C)CO)cc1. The summed E-state index contributed by atoms with van der Waals surface area (Å²) >= 11 is 0. The van der Waals surface area contributed by atoms with Crippen LogP contribution in [0.15, 0.2) is 54.9 Å². The van der Waals surface area contributed by atoms with Crippen LogP contribution in [0.3, 0.4) is 0 Å². The minimum absolute atomic E-state index is 0.0352. The van der Waals surface area contributed by atoms with Crippen LogP contribution in [0, 0.1) is 5.92 Å². The normalized spacial score (nSPS) is 16.2. The van der Waals surface area contributed by atoms with E-state index >= 15 is 0 Å². The minimum atomic E-state index is -0.124. The van der Waals surface area contributed by atoms with Crippen LogP contribution in [0.2, 0.25) is 0 Å². The number of aliphatic hydroxyl groups is 1. The number of methoxy groups -OCH3 is 1. The first-order chi connectivity index (χ1) is 17.2. The second-order valence-electron chi connectivity index (χ2n) is 8.91. The van der Waals surface area contributed by atoms with Gasteiger partial charge in [-0.25, -0.2) is 9.97 Å². The van der Waals surface area contributed by atoms with Gasteiger partial charge in [-0.05, 0) is 54.7 Å². The largest absolute Gasteiger partial charge is 0.497 e. The molecule has 4 aromatic rings. The van der Waals surface area contributed by atoms with Crippen LogP contribution in [0.1, 0.15) is 37.1 Å². The number of ether oxygens (including phenoxy) is 2. The molecule has 0 aliphatic carbocycles. The Morgan fingerprint density at radius 1 is 1.14 bits per heavy atom. The Hall–Kier alpha value is -3.56. The van der Waals surface area contributed by atoms with Crippen molar-refractivity contribution >= 4 is 11.6 Å². The van der Waals surface area contributed by atoms with Gasteiger partial charge in [-0.3, -0.25) is 4.40 Å². The molecule has 9 nitrogen and oxygen atoms in total. The van der Waals surface area contributed by atoms with Crippen molar-refractivity contribution in [3.63, 3.8) is 0 Å². The third kappa shape index (κ3) is 4.96. The standard InChI is InChI=1S/C26H30N6O3/c1-17(16-33)24(18-3-5-21(34-2)6-4-18)25-31-30-23-15-19(8-12-32(23)25)22-7-11-27-26(29-22)28-20-9-13-35-14-10-20/h3-8,11-12,15,17,20,24,33H,9-10,13-14,16H2,1-2H3,(H,27,28,29)/t17?,24-/m0/s1. The van der Waals surface area contributed by atoms with Gasteiger partial charge < -0.3 is 19.9 Å². The van der Waals surface area contributed by atoms with E-state index in [9.17, 15) is 5.11 Å². The topological polar surface area (TPSA) is 107 Å². The lowest BCUT2D eigenvalue weighted by Gasteiger charge is -2.23. The molecule has 9 heteroatoms. The van der Waals surface area contributed by atoms with Crippen LogP contribution in [0.5, 0.6) is 5.75 Å². The summed E-state index contributed by atoms with van der Waals surface area (Å²) in [6.07, 6.45) is 5.63. The molecule has 0 saturated carbocycles. The van der Waals surface area contributed by atoms with Crippen LogP contribution in [0.25, 0.3) is 16.9 Å². The van der Waals surface area contributed by atoms with Gasteiger partial charge in [-0.2, -0.15) is 0 Å². The molecule has 0 radical (unpaired) electrons. The van der Waals surface area contributed by atoms with Gasteiger partial charge in [0.15, 0.2) is 5.65 Å². The van der Waals surface area contributed by atoms with Crippen molar-refractivity contribution in [2.75, 3.05) is 32.2 Å². The molecule has 4 heterocycles. The first-order valence-electron chi connectivity index (χ1n) is 11.9. The highest BCUT2D eigenvalue weighted by Gasteiger charge is 2.26. The van der Waals surface area contributed by atoms with Crippen molar-refractivity contribution in [1.82, 2.24) is 24.6 Å². The summed E-state index contributed by atoms with van der Waals surface area (Å²) in [5.74, 6) is 2.02. The molecular formula is C26H30N6O3. The van der Waals surface area contributed by atoms with Crippen LogP contribution >= 0.6 is 0 Å². The van der Waals surface area contributed by atoms with Gasteiger partial charge in [0, 0.05) is 49.7 Å². The molecule has 2 N–H and O–H groups in total. The van der Waals surface area contributed by atoms with Crippen molar-refractivity contribution in [1.29, 1.82) is 0 Å². The molecule has 1 aliphatic rings. The molecule has 1 fully saturated rings. The van der Waals surface area contributed by atoms with E-state index in [0.29, 0.717) is 12.0 Å². The number of pyridine rings is 1. The molecule has 1 aromatic carbocycles. The molecule has 0 spiro atoms. The van der Waals surface area contributed by atoms with E-state index in [4.69, 9.17) is 14.5 Å². The fourth-order valence-electron chi connectivity index (χ4n) is 4.54. The van der Waals surface area contributed by atoms with E-state index in [1.54, 1.807) is 13.3 Å². The van der Waals surface area contributed by atoms with Gasteiger partial charge in [0.05, 0.1) is 12.8 Å². The average Bonchev–Trinajstić information content (AvgIpc) is 3.32. The van der Waals surface area contributed by atoms with Crippen LogP contribution in [-0.4, -0.2) is 62.6 Å². The molecule has 5 rings (SSSR count). The summed E-state index contributed by atoms with van der Waals surface area (Å²) in [5.41, 5.74) is 3.52. The Morgan fingerprint density at radius 2 is 1.94 bits per heavy atom. The number of anilines is 1. The fourth-order valence-corrected chi connectivity index (χ4v) is 4.54. The van der Waals surface area contributed by atoms with E-state index in [2.05, 4.69) is 20.5 Å². The quantitative estimate of drug-likeness (QED) is 0.399. The summed E-state index contributed by atoms with van der Waals surface area (Å²) in [6, 6.07) is 14.1. The summed E-state index contributed by atoms with van der Waals surface area (Å²) in [7, 11) is 1.65. The van der Waals surface area contributed by atoms with E-state index in [1.165, 1.54) is 0 Å². The van der Waals surface area contributed by atoms with E-state index in [-0.39, 0.29) is 18.4 Å². The van der Waals surface area contributed by atoms with Crippen molar-refractivity contribution in [2.24, 2.45) is 5.92 Å². The molecule has 1 aliphatic heterocycles. The van der Waals surface area contributed by atoms with Crippen molar-refractivity contribution in [3.05, 3.63) is 66.2 Å².